The van der Waals surface area contributed by atoms with Crippen LogP contribution in [0.4, 0.5) is 0 Å². The predicted octanol–water partition coefficient (Wildman–Crippen LogP) is 0.818. The maximum Gasteiger partial charge on any atom is 0.335 e. The van der Waals surface area contributed by atoms with Gasteiger partial charge in [-0.1, -0.05) is 6.58 Å². The molecule has 0 aliphatic heterocycles. The van der Waals surface area contributed by atoms with Gasteiger partial charge in [0.15, 0.2) is 5.78 Å². The van der Waals surface area contributed by atoms with E-state index in [4.69, 9.17) is 0 Å². The molecule has 0 aliphatic rings. The average molecular weight is 140 g/mol. The van der Waals surface area contributed by atoms with E-state index in [0.717, 1.165) is 18.4 Å². The minimum Gasteiger partial charge on any atom is -0.432 e. The first kappa shape index (κ1) is 8.62. The molecule has 0 unspecified atom stereocenters. The van der Waals surface area contributed by atoms with Crippen molar-refractivity contribution in [3.63, 3.8) is 0 Å². The summed E-state index contributed by atoms with van der Waals surface area (Å²) in [5, 5.41) is 0. The van der Waals surface area contributed by atoms with E-state index < -0.39 is 5.97 Å². The van der Waals surface area contributed by atoms with E-state index in [2.05, 4.69) is 11.3 Å². The average Bonchev–Trinajstić information content (AvgIpc) is 1.85. The first-order valence-electron chi connectivity index (χ1n) is 2.67. The van der Waals surface area contributed by atoms with Crippen LogP contribution in [0.3, 0.4) is 0 Å². The van der Waals surface area contributed by atoms with Gasteiger partial charge in [-0.05, 0) is 13.0 Å². The Labute approximate surface area is 59.0 Å². The van der Waals surface area contributed by atoms with Crippen LogP contribution in [0.5, 0.6) is 0 Å². The molecule has 0 aromatic carbocycles. The first-order valence-corrected chi connectivity index (χ1v) is 2.67. The normalized spacial score (nSPS) is 9.30. The lowest BCUT2D eigenvalue weighted by Gasteiger charge is -1.87. The fourth-order valence-corrected chi connectivity index (χ4v) is 0.307. The molecular weight excluding hydrogens is 132 g/mol. The molecule has 0 spiro atoms. The zero-order valence-corrected chi connectivity index (χ0v) is 5.66. The van der Waals surface area contributed by atoms with Crippen molar-refractivity contribution in [2.45, 2.75) is 6.92 Å². The number of ketones is 1. The van der Waals surface area contributed by atoms with Gasteiger partial charge in [-0.2, -0.15) is 0 Å². The molecule has 10 heavy (non-hydrogen) atoms. The number of rotatable bonds is 3. The summed E-state index contributed by atoms with van der Waals surface area (Å²) in [4.78, 5) is 20.6. The van der Waals surface area contributed by atoms with E-state index in [9.17, 15) is 9.59 Å². The standard InChI is InChI=1S/C7H8O3/c1-3-10-7(9)5-4-6(2)8/h3-5H,1H2,2H3/b5-4+. The van der Waals surface area contributed by atoms with E-state index in [1.165, 1.54) is 6.92 Å². The molecule has 0 saturated heterocycles. The molecule has 0 aromatic rings. The highest BCUT2D eigenvalue weighted by Crippen LogP contribution is 1.81. The van der Waals surface area contributed by atoms with Crippen molar-refractivity contribution in [3.05, 3.63) is 25.0 Å². The number of carbonyl (C=O) groups is 2. The number of ether oxygens (including phenoxy) is 1. The van der Waals surface area contributed by atoms with Crippen molar-refractivity contribution in [2.75, 3.05) is 0 Å². The zero-order valence-electron chi connectivity index (χ0n) is 5.66. The van der Waals surface area contributed by atoms with Gasteiger partial charge in [0.2, 0.25) is 0 Å². The second-order valence-electron chi connectivity index (χ2n) is 1.55. The third-order valence-corrected chi connectivity index (χ3v) is 0.654. The van der Waals surface area contributed by atoms with Gasteiger partial charge in [0.1, 0.15) is 0 Å². The summed E-state index contributed by atoms with van der Waals surface area (Å²) in [6, 6.07) is 0. The van der Waals surface area contributed by atoms with Gasteiger partial charge in [0.25, 0.3) is 0 Å². The molecule has 0 aliphatic carbocycles. The Morgan fingerprint density at radius 1 is 1.40 bits per heavy atom. The molecule has 0 fully saturated rings. The van der Waals surface area contributed by atoms with Crippen molar-refractivity contribution in [1.29, 1.82) is 0 Å². The number of esters is 1. The first-order chi connectivity index (χ1) is 4.66. The fraction of sp³-hybridized carbons (Fsp3) is 0.143. The molecule has 0 aromatic heterocycles. The van der Waals surface area contributed by atoms with Crippen molar-refractivity contribution >= 4 is 11.8 Å². The van der Waals surface area contributed by atoms with Crippen LogP contribution in [0, 0.1) is 0 Å². The van der Waals surface area contributed by atoms with Crippen molar-refractivity contribution in [3.8, 4) is 0 Å². The van der Waals surface area contributed by atoms with E-state index in [1.807, 2.05) is 0 Å². The quantitative estimate of drug-likeness (QED) is 0.331. The van der Waals surface area contributed by atoms with E-state index >= 15 is 0 Å². The molecule has 0 N–H and O–H groups in total. The van der Waals surface area contributed by atoms with Crippen LogP contribution in [0.2, 0.25) is 0 Å². The van der Waals surface area contributed by atoms with Crippen LogP contribution in [-0.4, -0.2) is 11.8 Å². The van der Waals surface area contributed by atoms with Crippen molar-refractivity contribution in [1.82, 2.24) is 0 Å². The van der Waals surface area contributed by atoms with Gasteiger partial charge >= 0.3 is 5.97 Å². The molecule has 54 valence electrons. The van der Waals surface area contributed by atoms with Crippen LogP contribution >= 0.6 is 0 Å². The largest absolute Gasteiger partial charge is 0.432 e. The summed E-state index contributed by atoms with van der Waals surface area (Å²) in [6.45, 7) is 4.51. The maximum absolute atomic E-state index is 10.4. The lowest BCUT2D eigenvalue weighted by atomic mass is 10.4. The second-order valence-corrected chi connectivity index (χ2v) is 1.55. The summed E-state index contributed by atoms with van der Waals surface area (Å²) in [5.74, 6) is -0.786. The molecule has 0 rings (SSSR count). The topological polar surface area (TPSA) is 43.4 Å². The third-order valence-electron chi connectivity index (χ3n) is 0.654. The Balaban J connectivity index is 3.77. The summed E-state index contributed by atoms with van der Waals surface area (Å²) in [7, 11) is 0. The van der Waals surface area contributed by atoms with Gasteiger partial charge in [0.05, 0.1) is 6.26 Å². The highest BCUT2D eigenvalue weighted by atomic mass is 16.5. The van der Waals surface area contributed by atoms with Crippen molar-refractivity contribution in [2.24, 2.45) is 0 Å². The number of hydrogen-bond donors (Lipinski definition) is 0. The summed E-state index contributed by atoms with van der Waals surface area (Å²) in [5.41, 5.74) is 0. The van der Waals surface area contributed by atoms with Crippen LogP contribution in [-0.2, 0) is 14.3 Å². The molecule has 3 nitrogen and oxygen atoms in total. The third kappa shape index (κ3) is 4.77. The second kappa shape index (κ2) is 4.49. The Kier molecular flexibility index (Phi) is 3.87. The molecule has 0 bridgehead atoms. The van der Waals surface area contributed by atoms with E-state index in [0.29, 0.717) is 0 Å². The molecule has 0 atom stereocenters. The number of carbonyl (C=O) groups excluding carboxylic acids is 2. The molecular formula is C7H8O3. The number of hydrogen-bond acceptors (Lipinski definition) is 3. The van der Waals surface area contributed by atoms with Crippen LogP contribution in [0.1, 0.15) is 6.92 Å². The minimum absolute atomic E-state index is 0.194. The number of allylic oxidation sites excluding steroid dienone is 1. The molecule has 0 saturated carbocycles. The summed E-state index contributed by atoms with van der Waals surface area (Å²) in [6.07, 6.45) is 3.18. The van der Waals surface area contributed by atoms with E-state index in [-0.39, 0.29) is 5.78 Å². The molecule has 3 heteroatoms. The Bertz CT molecular complexity index is 179. The van der Waals surface area contributed by atoms with Gasteiger partial charge in [0, 0.05) is 6.08 Å². The van der Waals surface area contributed by atoms with Crippen LogP contribution < -0.4 is 0 Å². The van der Waals surface area contributed by atoms with Gasteiger partial charge < -0.3 is 4.74 Å². The molecule has 0 radical (unpaired) electrons. The van der Waals surface area contributed by atoms with Crippen LogP contribution in [0.15, 0.2) is 25.0 Å². The van der Waals surface area contributed by atoms with Gasteiger partial charge in [-0.3, -0.25) is 4.79 Å². The highest BCUT2D eigenvalue weighted by Gasteiger charge is 1.91. The zero-order chi connectivity index (χ0) is 7.98. The minimum atomic E-state index is -0.592. The predicted molar refractivity (Wildman–Crippen MR) is 36.1 cm³/mol. The summed E-state index contributed by atoms with van der Waals surface area (Å²) >= 11 is 0. The molecule has 0 amide bonds. The maximum atomic E-state index is 10.4. The SMILES string of the molecule is C=COC(=O)/C=C/C(C)=O. The highest BCUT2D eigenvalue weighted by molar-refractivity contribution is 5.94. The Hall–Kier alpha value is -1.38. The Morgan fingerprint density at radius 3 is 2.40 bits per heavy atom. The van der Waals surface area contributed by atoms with Crippen LogP contribution in [0.25, 0.3) is 0 Å². The lowest BCUT2D eigenvalue weighted by molar-refractivity contribution is -0.132. The Morgan fingerprint density at radius 2 is 2.00 bits per heavy atom. The lowest BCUT2D eigenvalue weighted by Crippen LogP contribution is -1.94. The monoisotopic (exact) mass is 140 g/mol. The summed E-state index contributed by atoms with van der Waals surface area (Å²) < 4.78 is 4.28. The molecule has 0 heterocycles. The smallest absolute Gasteiger partial charge is 0.335 e. The fourth-order valence-electron chi connectivity index (χ4n) is 0.307. The van der Waals surface area contributed by atoms with E-state index in [1.54, 1.807) is 0 Å². The van der Waals surface area contributed by atoms with Crippen molar-refractivity contribution < 1.29 is 14.3 Å². The van der Waals surface area contributed by atoms with Gasteiger partial charge in [-0.25, -0.2) is 4.79 Å². The van der Waals surface area contributed by atoms with Gasteiger partial charge in [-0.15, -0.1) is 0 Å².